The summed E-state index contributed by atoms with van der Waals surface area (Å²) < 4.78 is 12.4. The number of hydrogen-bond donors (Lipinski definition) is 3. The highest BCUT2D eigenvalue weighted by Gasteiger charge is 2.78. The number of unbranched alkanes of at least 4 members (excludes halogenated alkanes) is 2. The number of anilines is 2. The van der Waals surface area contributed by atoms with Gasteiger partial charge in [0.1, 0.15) is 17.4 Å². The summed E-state index contributed by atoms with van der Waals surface area (Å²) in [5, 5.41) is 15.4. The van der Waals surface area contributed by atoms with Gasteiger partial charge in [-0.3, -0.25) is 14.4 Å². The molecule has 3 aliphatic rings. The molecule has 1 spiro atoms. The standard InChI is InChI=1S/C33H43N3O6/c1-5-32-16-17-33(42-32)27(26(32)29(38)34-23-12-14-24(15-13-23)41-6-2)31(40)36(18-8-7-9-19-37)28(33)30(39)35-25-20-21(3)10-11-22(25)4/h10-15,20,26-28,37H,5-9,16-19H2,1-4H3,(H,34,38)(H,35,39)/t26-,27+,28?,32+,33?/m1/s1. The summed E-state index contributed by atoms with van der Waals surface area (Å²) in [5.41, 5.74) is 1.35. The Hall–Kier alpha value is -3.43. The largest absolute Gasteiger partial charge is 0.494 e. The highest BCUT2D eigenvalue weighted by Crippen LogP contribution is 2.64. The van der Waals surface area contributed by atoms with E-state index in [0.29, 0.717) is 62.4 Å². The molecule has 3 saturated heterocycles. The van der Waals surface area contributed by atoms with Crippen LogP contribution in [-0.4, -0.2) is 64.7 Å². The summed E-state index contributed by atoms with van der Waals surface area (Å²) in [7, 11) is 0. The number of ether oxygens (including phenoxy) is 2. The number of nitrogens with zero attached hydrogens (tertiary/aromatic N) is 1. The maximum Gasteiger partial charge on any atom is 0.250 e. The van der Waals surface area contributed by atoms with Crippen LogP contribution in [0.25, 0.3) is 0 Å². The van der Waals surface area contributed by atoms with Crippen molar-refractivity contribution in [2.24, 2.45) is 11.8 Å². The molecule has 2 aromatic rings. The molecule has 2 aromatic carbocycles. The maximum absolute atomic E-state index is 14.3. The van der Waals surface area contributed by atoms with Gasteiger partial charge in [0.25, 0.3) is 0 Å². The molecule has 9 nitrogen and oxygen atoms in total. The van der Waals surface area contributed by atoms with E-state index < -0.39 is 29.1 Å². The molecular formula is C33H43N3O6. The predicted molar refractivity (Wildman–Crippen MR) is 160 cm³/mol. The number of carbonyl (C=O) groups excluding carboxylic acids is 3. The molecule has 0 saturated carbocycles. The zero-order valence-corrected chi connectivity index (χ0v) is 25.1. The van der Waals surface area contributed by atoms with Crippen LogP contribution in [0.4, 0.5) is 11.4 Å². The first-order valence-corrected chi connectivity index (χ1v) is 15.2. The van der Waals surface area contributed by atoms with E-state index in [1.54, 1.807) is 29.2 Å². The van der Waals surface area contributed by atoms with E-state index in [4.69, 9.17) is 9.47 Å². The number of hydrogen-bond acceptors (Lipinski definition) is 6. The molecule has 3 amide bonds. The molecule has 2 bridgehead atoms. The fourth-order valence-corrected chi connectivity index (χ4v) is 7.32. The number of fused-ring (bicyclic) bond motifs is 1. The second-order valence-electron chi connectivity index (χ2n) is 11.9. The van der Waals surface area contributed by atoms with Gasteiger partial charge >= 0.3 is 0 Å². The lowest BCUT2D eigenvalue weighted by Crippen LogP contribution is -2.53. The summed E-state index contributed by atoms with van der Waals surface area (Å²) >= 11 is 0. The summed E-state index contributed by atoms with van der Waals surface area (Å²) in [6, 6.07) is 12.2. The van der Waals surface area contributed by atoms with Gasteiger partial charge in [0.15, 0.2) is 0 Å². The molecule has 5 atom stereocenters. The van der Waals surface area contributed by atoms with Crippen LogP contribution >= 0.6 is 0 Å². The highest BCUT2D eigenvalue weighted by atomic mass is 16.5. The van der Waals surface area contributed by atoms with Crippen LogP contribution in [0.3, 0.4) is 0 Å². The number of nitrogens with one attached hydrogen (secondary N) is 2. The smallest absolute Gasteiger partial charge is 0.250 e. The SMILES string of the molecule is CCOc1ccc(NC(=O)[C@H]2[C@H]3C(=O)N(CCCCCO)C(C(=O)Nc4cc(C)ccc4C)C34CC[C@]2(CC)O4)cc1. The van der Waals surface area contributed by atoms with Gasteiger partial charge in [-0.05, 0) is 101 Å². The minimum Gasteiger partial charge on any atom is -0.494 e. The Morgan fingerprint density at radius 1 is 1.02 bits per heavy atom. The number of likely N-dealkylation sites (tertiary alicyclic amines) is 1. The summed E-state index contributed by atoms with van der Waals surface area (Å²) in [6.07, 6.45) is 3.68. The number of rotatable bonds is 12. The van der Waals surface area contributed by atoms with E-state index >= 15 is 0 Å². The third-order valence-corrected chi connectivity index (χ3v) is 9.35. The van der Waals surface area contributed by atoms with Crippen LogP contribution in [0.15, 0.2) is 42.5 Å². The molecule has 42 heavy (non-hydrogen) atoms. The molecule has 9 heteroatoms. The van der Waals surface area contributed by atoms with E-state index in [9.17, 15) is 19.5 Å². The van der Waals surface area contributed by atoms with Gasteiger partial charge in [0, 0.05) is 24.5 Å². The van der Waals surface area contributed by atoms with Crippen molar-refractivity contribution < 1.29 is 29.0 Å². The van der Waals surface area contributed by atoms with Crippen LogP contribution in [0.2, 0.25) is 0 Å². The van der Waals surface area contributed by atoms with Crippen molar-refractivity contribution in [3.05, 3.63) is 53.6 Å². The van der Waals surface area contributed by atoms with Gasteiger partial charge in [0.2, 0.25) is 17.7 Å². The van der Waals surface area contributed by atoms with Crippen LogP contribution < -0.4 is 15.4 Å². The number of amides is 3. The molecule has 226 valence electrons. The Balaban J connectivity index is 1.47. The minimum atomic E-state index is -1.09. The van der Waals surface area contributed by atoms with Crippen LogP contribution in [0, 0.1) is 25.7 Å². The Kier molecular flexibility index (Phi) is 8.62. The molecule has 0 radical (unpaired) electrons. The van der Waals surface area contributed by atoms with E-state index in [1.165, 1.54) is 0 Å². The lowest BCUT2D eigenvalue weighted by Gasteiger charge is -2.34. The highest BCUT2D eigenvalue weighted by molar-refractivity contribution is 6.05. The van der Waals surface area contributed by atoms with Gasteiger partial charge in [-0.2, -0.15) is 0 Å². The monoisotopic (exact) mass is 577 g/mol. The second-order valence-corrected chi connectivity index (χ2v) is 11.9. The van der Waals surface area contributed by atoms with Crippen molar-refractivity contribution in [1.82, 2.24) is 4.90 Å². The van der Waals surface area contributed by atoms with Crippen LogP contribution in [0.1, 0.15) is 63.5 Å². The number of benzene rings is 2. The van der Waals surface area contributed by atoms with Crippen LogP contribution in [-0.2, 0) is 19.1 Å². The molecule has 3 aliphatic heterocycles. The topological polar surface area (TPSA) is 117 Å². The van der Waals surface area contributed by atoms with Crippen molar-refractivity contribution in [2.75, 3.05) is 30.4 Å². The summed E-state index contributed by atoms with van der Waals surface area (Å²) in [4.78, 5) is 44.1. The molecular weight excluding hydrogens is 534 g/mol. The molecule has 3 heterocycles. The third kappa shape index (κ3) is 5.17. The maximum atomic E-state index is 14.3. The summed E-state index contributed by atoms with van der Waals surface area (Å²) in [6.45, 7) is 8.79. The first kappa shape index (κ1) is 30.0. The van der Waals surface area contributed by atoms with E-state index in [1.807, 2.05) is 45.9 Å². The van der Waals surface area contributed by atoms with Crippen molar-refractivity contribution in [2.45, 2.75) is 83.5 Å². The van der Waals surface area contributed by atoms with E-state index in [0.717, 1.165) is 17.5 Å². The van der Waals surface area contributed by atoms with Crippen molar-refractivity contribution >= 4 is 29.1 Å². The van der Waals surface area contributed by atoms with Crippen molar-refractivity contribution in [3.63, 3.8) is 0 Å². The fourth-order valence-electron chi connectivity index (χ4n) is 7.32. The molecule has 3 N–H and O–H groups in total. The number of aliphatic hydroxyl groups is 1. The van der Waals surface area contributed by atoms with Gasteiger partial charge < -0.3 is 30.1 Å². The fraction of sp³-hybridized carbons (Fsp3) is 0.545. The van der Waals surface area contributed by atoms with Gasteiger partial charge in [-0.15, -0.1) is 0 Å². The lowest BCUT2D eigenvalue weighted by atomic mass is 9.65. The molecule has 5 rings (SSSR count). The zero-order valence-electron chi connectivity index (χ0n) is 25.1. The first-order chi connectivity index (χ1) is 20.2. The molecule has 0 aromatic heterocycles. The van der Waals surface area contributed by atoms with Gasteiger partial charge in [-0.1, -0.05) is 19.1 Å². The van der Waals surface area contributed by atoms with Crippen molar-refractivity contribution in [1.29, 1.82) is 0 Å². The summed E-state index contributed by atoms with van der Waals surface area (Å²) in [5.74, 6) is -1.54. The molecule has 0 aliphatic carbocycles. The van der Waals surface area contributed by atoms with Gasteiger partial charge in [0.05, 0.1) is 24.0 Å². The predicted octanol–water partition coefficient (Wildman–Crippen LogP) is 4.60. The van der Waals surface area contributed by atoms with Crippen LogP contribution in [0.5, 0.6) is 5.75 Å². The lowest BCUT2D eigenvalue weighted by molar-refractivity contribution is -0.144. The number of aryl methyl sites for hydroxylation is 2. The Morgan fingerprint density at radius 3 is 2.48 bits per heavy atom. The average molecular weight is 578 g/mol. The average Bonchev–Trinajstić information content (AvgIpc) is 3.58. The van der Waals surface area contributed by atoms with Crippen molar-refractivity contribution in [3.8, 4) is 5.75 Å². The molecule has 2 unspecified atom stereocenters. The quantitative estimate of drug-likeness (QED) is 0.318. The number of aliphatic hydroxyl groups excluding tert-OH is 1. The zero-order chi connectivity index (χ0) is 30.1. The van der Waals surface area contributed by atoms with E-state index in [-0.39, 0.29) is 24.3 Å². The van der Waals surface area contributed by atoms with E-state index in [2.05, 4.69) is 10.6 Å². The molecule has 3 fully saturated rings. The second kappa shape index (κ2) is 12.1. The third-order valence-electron chi connectivity index (χ3n) is 9.35. The Labute approximate surface area is 248 Å². The Bertz CT molecular complexity index is 1330. The Morgan fingerprint density at radius 2 is 1.79 bits per heavy atom. The number of carbonyl (C=O) groups is 3. The minimum absolute atomic E-state index is 0.0764. The van der Waals surface area contributed by atoms with Gasteiger partial charge in [-0.25, -0.2) is 0 Å². The normalized spacial score (nSPS) is 27.7. The first-order valence-electron chi connectivity index (χ1n) is 15.2.